The molecular formula is C23H21N3O2S. The van der Waals surface area contributed by atoms with Crippen molar-refractivity contribution in [2.45, 2.75) is 13.5 Å². The number of amides is 1. The van der Waals surface area contributed by atoms with E-state index in [1.54, 1.807) is 36.9 Å². The van der Waals surface area contributed by atoms with Crippen LogP contribution in [0, 0.1) is 6.92 Å². The first-order valence-corrected chi connectivity index (χ1v) is 10.1. The number of benzene rings is 2. The van der Waals surface area contributed by atoms with E-state index in [0.717, 1.165) is 28.3 Å². The van der Waals surface area contributed by atoms with Gasteiger partial charge in [0.1, 0.15) is 5.75 Å². The third-order valence-electron chi connectivity index (χ3n) is 4.64. The van der Waals surface area contributed by atoms with Crippen LogP contribution in [0.3, 0.4) is 0 Å². The van der Waals surface area contributed by atoms with Crippen molar-refractivity contribution in [3.05, 3.63) is 83.3 Å². The molecule has 0 saturated carbocycles. The monoisotopic (exact) mass is 403 g/mol. The quantitative estimate of drug-likeness (QED) is 0.474. The standard InChI is InChI=1S/C23H21N3O2S/c1-16-13-26(15-25-16)20-9-7-17(11-21(20)28-2)8-10-23(27)24-12-18-14-29-22-6-4-3-5-19(18)22/h3-11,13-15H,12H2,1-2H3,(H,24,27). The molecule has 0 saturated heterocycles. The average molecular weight is 404 g/mol. The third kappa shape index (κ3) is 4.22. The number of hydrogen-bond acceptors (Lipinski definition) is 4. The van der Waals surface area contributed by atoms with Crippen LogP contribution in [0.1, 0.15) is 16.8 Å². The number of fused-ring (bicyclic) bond motifs is 1. The number of carbonyl (C=O) groups excluding carboxylic acids is 1. The highest BCUT2D eigenvalue weighted by molar-refractivity contribution is 7.17. The molecule has 0 radical (unpaired) electrons. The topological polar surface area (TPSA) is 56.1 Å². The van der Waals surface area contributed by atoms with Gasteiger partial charge in [0.15, 0.2) is 0 Å². The Morgan fingerprint density at radius 3 is 2.93 bits per heavy atom. The number of nitrogens with one attached hydrogen (secondary N) is 1. The van der Waals surface area contributed by atoms with E-state index in [-0.39, 0.29) is 5.91 Å². The van der Waals surface area contributed by atoms with Crippen LogP contribution < -0.4 is 10.1 Å². The van der Waals surface area contributed by atoms with Crippen molar-refractivity contribution in [3.8, 4) is 11.4 Å². The number of carbonyl (C=O) groups is 1. The number of aryl methyl sites for hydroxylation is 1. The van der Waals surface area contributed by atoms with Crippen LogP contribution in [-0.4, -0.2) is 22.6 Å². The van der Waals surface area contributed by atoms with E-state index in [0.29, 0.717) is 6.54 Å². The van der Waals surface area contributed by atoms with Crippen LogP contribution in [-0.2, 0) is 11.3 Å². The molecule has 6 heteroatoms. The number of nitrogens with zero attached hydrogens (tertiary/aromatic N) is 2. The molecule has 0 aliphatic carbocycles. The van der Waals surface area contributed by atoms with Crippen molar-refractivity contribution in [1.82, 2.24) is 14.9 Å². The van der Waals surface area contributed by atoms with E-state index >= 15 is 0 Å². The van der Waals surface area contributed by atoms with Gasteiger partial charge in [-0.15, -0.1) is 11.3 Å². The van der Waals surface area contributed by atoms with E-state index < -0.39 is 0 Å². The maximum Gasteiger partial charge on any atom is 0.244 e. The van der Waals surface area contributed by atoms with Gasteiger partial charge in [0.25, 0.3) is 0 Å². The van der Waals surface area contributed by atoms with Crippen LogP contribution in [0.2, 0.25) is 0 Å². The van der Waals surface area contributed by atoms with Crippen molar-refractivity contribution in [2.24, 2.45) is 0 Å². The Bertz CT molecular complexity index is 1190. The maximum absolute atomic E-state index is 12.3. The molecule has 146 valence electrons. The normalized spacial score (nSPS) is 11.2. The molecule has 1 amide bonds. The highest BCUT2D eigenvalue weighted by Gasteiger charge is 2.07. The molecule has 0 fully saturated rings. The lowest BCUT2D eigenvalue weighted by Crippen LogP contribution is -2.19. The Morgan fingerprint density at radius 1 is 1.28 bits per heavy atom. The summed E-state index contributed by atoms with van der Waals surface area (Å²) in [6.45, 7) is 2.45. The summed E-state index contributed by atoms with van der Waals surface area (Å²) in [5.74, 6) is 0.586. The zero-order chi connectivity index (χ0) is 20.2. The minimum Gasteiger partial charge on any atom is -0.495 e. The van der Waals surface area contributed by atoms with E-state index in [1.807, 2.05) is 48.0 Å². The van der Waals surface area contributed by atoms with Gasteiger partial charge in [-0.05, 0) is 53.1 Å². The van der Waals surface area contributed by atoms with Crippen molar-refractivity contribution in [3.63, 3.8) is 0 Å². The fourth-order valence-corrected chi connectivity index (χ4v) is 4.11. The Morgan fingerprint density at radius 2 is 2.14 bits per heavy atom. The highest BCUT2D eigenvalue weighted by Crippen LogP contribution is 2.26. The average Bonchev–Trinajstić information content (AvgIpc) is 3.36. The molecule has 2 aromatic carbocycles. The van der Waals surface area contributed by atoms with Crippen LogP contribution in [0.25, 0.3) is 21.8 Å². The summed E-state index contributed by atoms with van der Waals surface area (Å²) in [5.41, 5.74) is 3.86. The molecule has 0 atom stereocenters. The minimum absolute atomic E-state index is 0.131. The summed E-state index contributed by atoms with van der Waals surface area (Å²) in [6, 6.07) is 14.0. The van der Waals surface area contributed by atoms with Gasteiger partial charge in [-0.1, -0.05) is 24.3 Å². The van der Waals surface area contributed by atoms with E-state index in [1.165, 1.54) is 10.1 Å². The first kappa shape index (κ1) is 19.0. The van der Waals surface area contributed by atoms with Gasteiger partial charge >= 0.3 is 0 Å². The number of ether oxygens (including phenoxy) is 1. The lowest BCUT2D eigenvalue weighted by Gasteiger charge is -2.10. The maximum atomic E-state index is 12.3. The summed E-state index contributed by atoms with van der Waals surface area (Å²) in [5, 5.41) is 6.24. The molecule has 0 bridgehead atoms. The zero-order valence-electron chi connectivity index (χ0n) is 16.3. The number of aromatic nitrogens is 2. The second kappa shape index (κ2) is 8.32. The van der Waals surface area contributed by atoms with E-state index in [2.05, 4.69) is 27.8 Å². The van der Waals surface area contributed by atoms with Crippen LogP contribution in [0.15, 0.2) is 66.4 Å². The summed E-state index contributed by atoms with van der Waals surface area (Å²) in [4.78, 5) is 16.5. The van der Waals surface area contributed by atoms with Gasteiger partial charge in [-0.25, -0.2) is 4.98 Å². The highest BCUT2D eigenvalue weighted by atomic mass is 32.1. The van der Waals surface area contributed by atoms with Crippen molar-refractivity contribution >= 4 is 33.4 Å². The first-order valence-electron chi connectivity index (χ1n) is 9.24. The van der Waals surface area contributed by atoms with Gasteiger partial charge in [0.2, 0.25) is 5.91 Å². The third-order valence-corrected chi connectivity index (χ3v) is 5.65. The Balaban J connectivity index is 1.43. The molecule has 4 rings (SSSR count). The SMILES string of the molecule is COc1cc(C=CC(=O)NCc2csc3ccccc23)ccc1-n1cnc(C)c1. The number of methoxy groups -OCH3 is 1. The summed E-state index contributed by atoms with van der Waals surface area (Å²) in [6.07, 6.45) is 7.02. The van der Waals surface area contributed by atoms with Crippen LogP contribution in [0.5, 0.6) is 5.75 Å². The predicted molar refractivity (Wildman–Crippen MR) is 118 cm³/mol. The van der Waals surface area contributed by atoms with Crippen LogP contribution in [0.4, 0.5) is 0 Å². The second-order valence-electron chi connectivity index (χ2n) is 6.66. The largest absolute Gasteiger partial charge is 0.495 e. The van der Waals surface area contributed by atoms with Crippen molar-refractivity contribution < 1.29 is 9.53 Å². The molecule has 0 aliphatic heterocycles. The Kier molecular flexibility index (Phi) is 5.44. The van der Waals surface area contributed by atoms with Gasteiger partial charge in [0.05, 0.1) is 24.8 Å². The first-order chi connectivity index (χ1) is 14.1. The van der Waals surface area contributed by atoms with Gasteiger partial charge < -0.3 is 14.6 Å². The molecule has 29 heavy (non-hydrogen) atoms. The smallest absolute Gasteiger partial charge is 0.244 e. The predicted octanol–water partition coefficient (Wildman–Crippen LogP) is 4.73. The molecular weight excluding hydrogens is 382 g/mol. The lowest BCUT2D eigenvalue weighted by molar-refractivity contribution is -0.116. The number of hydrogen-bond donors (Lipinski definition) is 1. The van der Waals surface area contributed by atoms with Crippen molar-refractivity contribution in [2.75, 3.05) is 7.11 Å². The fraction of sp³-hybridized carbons (Fsp3) is 0.130. The molecule has 0 unspecified atom stereocenters. The van der Waals surface area contributed by atoms with E-state index in [4.69, 9.17) is 4.74 Å². The molecule has 2 aromatic heterocycles. The summed E-state index contributed by atoms with van der Waals surface area (Å²) >= 11 is 1.69. The molecule has 0 spiro atoms. The lowest BCUT2D eigenvalue weighted by atomic mass is 10.1. The molecule has 5 nitrogen and oxygen atoms in total. The van der Waals surface area contributed by atoms with E-state index in [9.17, 15) is 4.79 Å². The molecule has 4 aromatic rings. The molecule has 2 heterocycles. The molecule has 0 aliphatic rings. The Hall–Kier alpha value is -3.38. The zero-order valence-corrected chi connectivity index (χ0v) is 17.1. The second-order valence-corrected chi connectivity index (χ2v) is 7.57. The summed E-state index contributed by atoms with van der Waals surface area (Å²) < 4.78 is 8.66. The van der Waals surface area contributed by atoms with Gasteiger partial charge in [0, 0.05) is 23.5 Å². The summed E-state index contributed by atoms with van der Waals surface area (Å²) in [7, 11) is 1.63. The van der Waals surface area contributed by atoms with Crippen LogP contribution >= 0.6 is 11.3 Å². The number of rotatable bonds is 6. The van der Waals surface area contributed by atoms with Gasteiger partial charge in [-0.2, -0.15) is 0 Å². The molecule has 1 N–H and O–H groups in total. The minimum atomic E-state index is -0.131. The number of imidazole rings is 1. The Labute approximate surface area is 173 Å². The van der Waals surface area contributed by atoms with Gasteiger partial charge in [-0.3, -0.25) is 4.79 Å². The fourth-order valence-electron chi connectivity index (χ4n) is 3.15. The number of thiophene rings is 1. The van der Waals surface area contributed by atoms with Crippen molar-refractivity contribution in [1.29, 1.82) is 0 Å².